The Kier molecular flexibility index (Phi) is 3.82. The van der Waals surface area contributed by atoms with Gasteiger partial charge in [0.15, 0.2) is 11.5 Å². The maximum atomic E-state index is 11.9. The number of nitrogens with one attached hydrogen (secondary N) is 1. The van der Waals surface area contributed by atoms with Crippen molar-refractivity contribution in [1.82, 2.24) is 0 Å². The molecule has 2 aromatic rings. The van der Waals surface area contributed by atoms with E-state index in [1.54, 1.807) is 30.2 Å². The summed E-state index contributed by atoms with van der Waals surface area (Å²) >= 11 is 3.25. The van der Waals surface area contributed by atoms with E-state index in [0.717, 1.165) is 16.1 Å². The number of ether oxygens (including phenoxy) is 3. The summed E-state index contributed by atoms with van der Waals surface area (Å²) in [5.41, 5.74) is 1.94. The fourth-order valence-electron chi connectivity index (χ4n) is 2.74. The molecule has 1 amide bonds. The highest BCUT2D eigenvalue weighted by Crippen LogP contribution is 2.49. The molecular formula is C16H15NO4S2. The Hall–Kier alpha value is -1.86. The van der Waals surface area contributed by atoms with Gasteiger partial charge in [-0.2, -0.15) is 0 Å². The van der Waals surface area contributed by atoms with Gasteiger partial charge in [0.25, 0.3) is 0 Å². The first-order valence-corrected chi connectivity index (χ1v) is 9.15. The first kappa shape index (κ1) is 14.7. The molecule has 0 bridgehead atoms. The van der Waals surface area contributed by atoms with E-state index in [2.05, 4.69) is 5.32 Å². The van der Waals surface area contributed by atoms with Crippen molar-refractivity contribution in [2.45, 2.75) is 5.25 Å². The molecule has 23 heavy (non-hydrogen) atoms. The van der Waals surface area contributed by atoms with Crippen molar-refractivity contribution < 1.29 is 19.0 Å². The molecule has 2 aliphatic rings. The molecule has 0 saturated carbocycles. The van der Waals surface area contributed by atoms with E-state index in [1.165, 1.54) is 0 Å². The van der Waals surface area contributed by atoms with Crippen LogP contribution in [0.25, 0.3) is 0 Å². The van der Waals surface area contributed by atoms with Gasteiger partial charge in [-0.1, -0.05) is 0 Å². The Bertz CT molecular complexity index is 741. The lowest BCUT2D eigenvalue weighted by Gasteiger charge is -2.23. The lowest BCUT2D eigenvalue weighted by molar-refractivity contribution is -0.113. The Morgan fingerprint density at radius 1 is 1.30 bits per heavy atom. The molecule has 0 fully saturated rings. The normalized spacial score (nSPS) is 19.5. The van der Waals surface area contributed by atoms with E-state index in [1.807, 2.05) is 23.6 Å². The molecule has 2 aliphatic heterocycles. The van der Waals surface area contributed by atoms with E-state index in [0.29, 0.717) is 36.2 Å². The molecule has 0 radical (unpaired) electrons. The van der Waals surface area contributed by atoms with Crippen LogP contribution in [0.1, 0.15) is 15.7 Å². The molecule has 0 spiro atoms. The summed E-state index contributed by atoms with van der Waals surface area (Å²) in [5.74, 6) is 2.47. The molecule has 5 nitrogen and oxygen atoms in total. The Labute approximate surface area is 141 Å². The zero-order chi connectivity index (χ0) is 15.8. The van der Waals surface area contributed by atoms with E-state index >= 15 is 0 Å². The first-order chi connectivity index (χ1) is 11.3. The van der Waals surface area contributed by atoms with Gasteiger partial charge in [-0.05, 0) is 29.1 Å². The average molecular weight is 349 g/mol. The topological polar surface area (TPSA) is 56.8 Å². The second kappa shape index (κ2) is 5.98. The number of benzene rings is 1. The number of rotatable bonds is 2. The molecule has 0 aliphatic carbocycles. The van der Waals surface area contributed by atoms with Gasteiger partial charge >= 0.3 is 0 Å². The molecule has 0 unspecified atom stereocenters. The minimum absolute atomic E-state index is 0.0293. The van der Waals surface area contributed by atoms with Crippen LogP contribution in [-0.2, 0) is 4.79 Å². The van der Waals surface area contributed by atoms with Crippen molar-refractivity contribution in [1.29, 1.82) is 0 Å². The van der Waals surface area contributed by atoms with Gasteiger partial charge in [0.1, 0.15) is 13.2 Å². The third kappa shape index (κ3) is 2.64. The molecular weight excluding hydrogens is 334 g/mol. The van der Waals surface area contributed by atoms with Gasteiger partial charge in [-0.15, -0.1) is 23.1 Å². The number of methoxy groups -OCH3 is 1. The van der Waals surface area contributed by atoms with Crippen molar-refractivity contribution in [3.8, 4) is 17.2 Å². The third-order valence-electron chi connectivity index (χ3n) is 3.74. The zero-order valence-corrected chi connectivity index (χ0v) is 14.1. The number of amides is 1. The van der Waals surface area contributed by atoms with Crippen LogP contribution in [0, 0.1) is 0 Å². The number of hydrogen-bond acceptors (Lipinski definition) is 6. The molecule has 7 heteroatoms. The lowest BCUT2D eigenvalue weighted by Crippen LogP contribution is -2.16. The van der Waals surface area contributed by atoms with Crippen LogP contribution >= 0.6 is 23.1 Å². The fourth-order valence-corrected chi connectivity index (χ4v) is 4.96. The minimum Gasteiger partial charge on any atom is -0.493 e. The van der Waals surface area contributed by atoms with Crippen LogP contribution in [0.4, 0.5) is 5.69 Å². The van der Waals surface area contributed by atoms with Gasteiger partial charge < -0.3 is 19.5 Å². The second-order valence-corrected chi connectivity index (χ2v) is 7.23. The van der Waals surface area contributed by atoms with Gasteiger partial charge in [0, 0.05) is 4.88 Å². The Morgan fingerprint density at radius 3 is 3.04 bits per heavy atom. The number of anilines is 1. The van der Waals surface area contributed by atoms with Crippen molar-refractivity contribution in [3.63, 3.8) is 0 Å². The number of carbonyl (C=O) groups is 1. The van der Waals surface area contributed by atoms with E-state index in [-0.39, 0.29) is 11.2 Å². The highest BCUT2D eigenvalue weighted by molar-refractivity contribution is 8.00. The van der Waals surface area contributed by atoms with Gasteiger partial charge in [-0.25, -0.2) is 0 Å². The van der Waals surface area contributed by atoms with Crippen molar-refractivity contribution >= 4 is 34.7 Å². The van der Waals surface area contributed by atoms with Crippen molar-refractivity contribution in [2.75, 3.05) is 31.4 Å². The Balaban J connectivity index is 1.80. The minimum atomic E-state index is 0.0293. The predicted octanol–water partition coefficient (Wildman–Crippen LogP) is 3.30. The van der Waals surface area contributed by atoms with Crippen molar-refractivity contribution in [2.24, 2.45) is 0 Å². The smallest absolute Gasteiger partial charge is 0.234 e. The highest BCUT2D eigenvalue weighted by atomic mass is 32.2. The number of thiophene rings is 1. The van der Waals surface area contributed by atoms with Crippen LogP contribution in [0.5, 0.6) is 17.2 Å². The predicted molar refractivity (Wildman–Crippen MR) is 91.2 cm³/mol. The monoisotopic (exact) mass is 349 g/mol. The van der Waals surface area contributed by atoms with Gasteiger partial charge in [0.2, 0.25) is 11.7 Å². The molecule has 4 rings (SSSR count). The number of thioether (sulfide) groups is 1. The largest absolute Gasteiger partial charge is 0.493 e. The summed E-state index contributed by atoms with van der Waals surface area (Å²) in [5, 5.41) is 5.02. The maximum absolute atomic E-state index is 11.9. The SMILES string of the molecule is COc1cc([C@@H]2SCC(=O)Nc3ccsc32)cc2c1OCCO2. The van der Waals surface area contributed by atoms with Crippen LogP contribution < -0.4 is 19.5 Å². The van der Waals surface area contributed by atoms with E-state index in [4.69, 9.17) is 14.2 Å². The highest BCUT2D eigenvalue weighted by Gasteiger charge is 2.28. The quantitative estimate of drug-likeness (QED) is 0.901. The molecule has 1 aromatic heterocycles. The van der Waals surface area contributed by atoms with Crippen LogP contribution in [0.2, 0.25) is 0 Å². The average Bonchev–Trinajstić information content (AvgIpc) is 2.96. The van der Waals surface area contributed by atoms with Crippen molar-refractivity contribution in [3.05, 3.63) is 34.0 Å². The fraction of sp³-hybridized carbons (Fsp3) is 0.312. The van der Waals surface area contributed by atoms with E-state index < -0.39 is 0 Å². The van der Waals surface area contributed by atoms with Crippen LogP contribution in [0.3, 0.4) is 0 Å². The third-order valence-corrected chi connectivity index (χ3v) is 6.14. The number of carbonyl (C=O) groups excluding carboxylic acids is 1. The first-order valence-electron chi connectivity index (χ1n) is 7.22. The summed E-state index contributed by atoms with van der Waals surface area (Å²) in [6, 6.07) is 5.92. The molecule has 120 valence electrons. The van der Waals surface area contributed by atoms with Gasteiger partial charge in [0.05, 0.1) is 23.8 Å². The van der Waals surface area contributed by atoms with Gasteiger partial charge in [-0.3, -0.25) is 4.79 Å². The van der Waals surface area contributed by atoms with E-state index in [9.17, 15) is 4.79 Å². The summed E-state index contributed by atoms with van der Waals surface area (Å²) in [6.07, 6.45) is 0. The second-order valence-electron chi connectivity index (χ2n) is 5.19. The molecule has 3 heterocycles. The molecule has 1 aromatic carbocycles. The summed E-state index contributed by atoms with van der Waals surface area (Å²) in [4.78, 5) is 13.0. The zero-order valence-electron chi connectivity index (χ0n) is 12.5. The van der Waals surface area contributed by atoms with Crippen LogP contribution in [-0.4, -0.2) is 32.0 Å². The molecule has 1 N–H and O–H groups in total. The van der Waals surface area contributed by atoms with Crippen LogP contribution in [0.15, 0.2) is 23.6 Å². The number of fused-ring (bicyclic) bond motifs is 2. The standard InChI is InChI=1S/C16H15NO4S2/c1-19-11-6-9(7-12-14(11)21-4-3-20-12)15-16-10(2-5-22-16)17-13(18)8-23-15/h2,5-7,15H,3-4,8H2,1H3,(H,17,18)/t15-/m0/s1. The number of hydrogen-bond donors (Lipinski definition) is 1. The Morgan fingerprint density at radius 2 is 2.17 bits per heavy atom. The molecule has 0 saturated heterocycles. The maximum Gasteiger partial charge on any atom is 0.234 e. The lowest BCUT2D eigenvalue weighted by atomic mass is 10.1. The summed E-state index contributed by atoms with van der Waals surface area (Å²) in [7, 11) is 1.62. The summed E-state index contributed by atoms with van der Waals surface area (Å²) < 4.78 is 16.9. The molecule has 1 atom stereocenters. The summed E-state index contributed by atoms with van der Waals surface area (Å²) in [6.45, 7) is 1.05.